The van der Waals surface area contributed by atoms with Crippen molar-refractivity contribution in [2.75, 3.05) is 11.9 Å². The fourth-order valence-corrected chi connectivity index (χ4v) is 3.18. The average molecular weight is 357 g/mol. The third kappa shape index (κ3) is 3.88. The molecule has 7 heteroatoms. The van der Waals surface area contributed by atoms with Crippen LogP contribution in [0.15, 0.2) is 34.9 Å². The van der Waals surface area contributed by atoms with Gasteiger partial charge in [-0.2, -0.15) is 4.98 Å². The van der Waals surface area contributed by atoms with Crippen LogP contribution in [-0.4, -0.2) is 22.7 Å². The predicted octanol–water partition coefficient (Wildman–Crippen LogP) is 4.32. The summed E-state index contributed by atoms with van der Waals surface area (Å²) in [5.41, 5.74) is 1.32. The van der Waals surface area contributed by atoms with Crippen molar-refractivity contribution in [1.29, 1.82) is 0 Å². The predicted molar refractivity (Wildman–Crippen MR) is 97.3 cm³/mol. The fourth-order valence-electron chi connectivity index (χ4n) is 2.28. The molecule has 0 aliphatic rings. The van der Waals surface area contributed by atoms with Gasteiger partial charge in [0.2, 0.25) is 11.7 Å². The van der Waals surface area contributed by atoms with E-state index in [2.05, 4.69) is 15.5 Å². The summed E-state index contributed by atoms with van der Waals surface area (Å²) in [5, 5.41) is 6.91. The van der Waals surface area contributed by atoms with E-state index in [0.29, 0.717) is 30.3 Å². The van der Waals surface area contributed by atoms with Crippen LogP contribution in [0.1, 0.15) is 35.0 Å². The zero-order valence-electron chi connectivity index (χ0n) is 14.3. The van der Waals surface area contributed by atoms with E-state index in [4.69, 9.17) is 9.26 Å². The number of carbonyl (C=O) groups excluding carboxylic acids is 1. The number of nitrogens with zero attached hydrogens (tertiary/aromatic N) is 2. The Kier molecular flexibility index (Phi) is 5.14. The average Bonchev–Trinajstić information content (AvgIpc) is 3.23. The van der Waals surface area contributed by atoms with E-state index in [1.165, 1.54) is 11.3 Å². The van der Waals surface area contributed by atoms with Gasteiger partial charge < -0.3 is 14.6 Å². The van der Waals surface area contributed by atoms with Crippen LogP contribution >= 0.6 is 11.3 Å². The van der Waals surface area contributed by atoms with Crippen LogP contribution in [0.2, 0.25) is 0 Å². The van der Waals surface area contributed by atoms with Gasteiger partial charge in [-0.05, 0) is 44.2 Å². The summed E-state index contributed by atoms with van der Waals surface area (Å²) in [5.74, 6) is 1.72. The van der Waals surface area contributed by atoms with Gasteiger partial charge in [0, 0.05) is 16.9 Å². The van der Waals surface area contributed by atoms with Gasteiger partial charge in [0.25, 0.3) is 5.91 Å². The molecule has 0 radical (unpaired) electrons. The number of benzene rings is 1. The molecular weight excluding hydrogens is 338 g/mol. The van der Waals surface area contributed by atoms with E-state index in [-0.39, 0.29) is 5.91 Å². The third-order valence-corrected chi connectivity index (χ3v) is 4.63. The van der Waals surface area contributed by atoms with Crippen molar-refractivity contribution in [3.05, 3.63) is 46.7 Å². The normalized spacial score (nSPS) is 10.7. The summed E-state index contributed by atoms with van der Waals surface area (Å²) >= 11 is 1.52. The van der Waals surface area contributed by atoms with Crippen LogP contribution in [0, 0.1) is 6.92 Å². The lowest BCUT2D eigenvalue weighted by molar-refractivity contribution is 0.102. The molecule has 2 heterocycles. The van der Waals surface area contributed by atoms with Crippen LogP contribution in [-0.2, 0) is 6.42 Å². The van der Waals surface area contributed by atoms with Gasteiger partial charge in [-0.1, -0.05) is 12.1 Å². The number of hydrogen-bond acceptors (Lipinski definition) is 6. The van der Waals surface area contributed by atoms with Gasteiger partial charge in [0.15, 0.2) is 0 Å². The quantitative estimate of drug-likeness (QED) is 0.711. The Hall–Kier alpha value is -2.67. The van der Waals surface area contributed by atoms with Crippen molar-refractivity contribution in [3.63, 3.8) is 0 Å². The summed E-state index contributed by atoms with van der Waals surface area (Å²) in [7, 11) is 0. The van der Waals surface area contributed by atoms with Crippen LogP contribution in [0.3, 0.4) is 0 Å². The van der Waals surface area contributed by atoms with Gasteiger partial charge in [0.05, 0.1) is 17.2 Å². The van der Waals surface area contributed by atoms with E-state index >= 15 is 0 Å². The maximum atomic E-state index is 12.4. The molecule has 1 amide bonds. The van der Waals surface area contributed by atoms with E-state index in [0.717, 1.165) is 21.2 Å². The molecule has 3 rings (SSSR count). The van der Waals surface area contributed by atoms with Gasteiger partial charge >= 0.3 is 0 Å². The van der Waals surface area contributed by atoms with Crippen LogP contribution < -0.4 is 10.1 Å². The van der Waals surface area contributed by atoms with Crippen molar-refractivity contribution >= 4 is 22.9 Å². The van der Waals surface area contributed by atoms with Gasteiger partial charge in [0.1, 0.15) is 5.75 Å². The molecule has 0 aliphatic carbocycles. The molecule has 3 aromatic rings. The van der Waals surface area contributed by atoms with Crippen molar-refractivity contribution in [1.82, 2.24) is 10.1 Å². The largest absolute Gasteiger partial charge is 0.494 e. The van der Waals surface area contributed by atoms with Gasteiger partial charge in [-0.15, -0.1) is 11.3 Å². The summed E-state index contributed by atoms with van der Waals surface area (Å²) in [6.07, 6.45) is 0.693. The Bertz CT molecular complexity index is 868. The zero-order valence-corrected chi connectivity index (χ0v) is 15.1. The molecule has 0 atom stereocenters. The third-order valence-electron chi connectivity index (χ3n) is 3.58. The highest BCUT2D eigenvalue weighted by molar-refractivity contribution is 7.16. The highest BCUT2D eigenvalue weighted by atomic mass is 32.1. The molecular formula is C18H19N3O3S. The molecule has 1 N–H and O–H groups in total. The van der Waals surface area contributed by atoms with Gasteiger partial charge in [-0.3, -0.25) is 4.79 Å². The van der Waals surface area contributed by atoms with E-state index in [1.54, 1.807) is 24.3 Å². The Morgan fingerprint density at radius 3 is 2.68 bits per heavy atom. The maximum absolute atomic E-state index is 12.4. The van der Waals surface area contributed by atoms with Crippen LogP contribution in [0.25, 0.3) is 10.7 Å². The van der Waals surface area contributed by atoms with E-state index in [1.807, 2.05) is 26.8 Å². The number of rotatable bonds is 6. The van der Waals surface area contributed by atoms with Gasteiger partial charge in [-0.25, -0.2) is 0 Å². The topological polar surface area (TPSA) is 77.2 Å². The number of aryl methyl sites for hydroxylation is 2. The molecule has 0 bridgehead atoms. The first kappa shape index (κ1) is 17.2. The molecule has 0 aliphatic heterocycles. The highest BCUT2D eigenvalue weighted by Gasteiger charge is 2.15. The number of aromatic nitrogens is 2. The SMILES string of the molecule is CCOc1ccc(C(=O)Nc2cc(-c3noc(CC)n3)sc2C)cc1. The Balaban J connectivity index is 1.75. The van der Waals surface area contributed by atoms with Crippen molar-refractivity contribution in [3.8, 4) is 16.5 Å². The van der Waals surface area contributed by atoms with Crippen molar-refractivity contribution in [2.24, 2.45) is 0 Å². The summed E-state index contributed by atoms with van der Waals surface area (Å²) in [6, 6.07) is 8.94. The molecule has 6 nitrogen and oxygen atoms in total. The number of hydrogen-bond donors (Lipinski definition) is 1. The molecule has 25 heavy (non-hydrogen) atoms. The first-order chi connectivity index (χ1) is 12.1. The molecule has 2 aromatic heterocycles. The summed E-state index contributed by atoms with van der Waals surface area (Å²) < 4.78 is 10.5. The fraction of sp³-hybridized carbons (Fsp3) is 0.278. The second kappa shape index (κ2) is 7.48. The van der Waals surface area contributed by atoms with E-state index in [9.17, 15) is 4.79 Å². The molecule has 0 saturated heterocycles. The Morgan fingerprint density at radius 1 is 1.28 bits per heavy atom. The number of amides is 1. The van der Waals surface area contributed by atoms with Crippen molar-refractivity contribution in [2.45, 2.75) is 27.2 Å². The number of anilines is 1. The highest BCUT2D eigenvalue weighted by Crippen LogP contribution is 2.33. The number of thiophene rings is 1. The molecule has 1 aromatic carbocycles. The van der Waals surface area contributed by atoms with Crippen LogP contribution in [0.4, 0.5) is 5.69 Å². The minimum atomic E-state index is -0.169. The molecule has 0 spiro atoms. The second-order valence-electron chi connectivity index (χ2n) is 5.36. The summed E-state index contributed by atoms with van der Waals surface area (Å²) in [6.45, 7) is 6.42. The summed E-state index contributed by atoms with van der Waals surface area (Å²) in [4.78, 5) is 18.6. The Morgan fingerprint density at radius 2 is 2.04 bits per heavy atom. The molecule has 0 unspecified atom stereocenters. The minimum Gasteiger partial charge on any atom is -0.494 e. The smallest absolute Gasteiger partial charge is 0.255 e. The lowest BCUT2D eigenvalue weighted by Crippen LogP contribution is -2.11. The lowest BCUT2D eigenvalue weighted by Gasteiger charge is -2.06. The Labute approximate surface area is 149 Å². The standard InChI is InChI=1S/C18H19N3O3S/c1-4-16-20-17(21-24-16)15-10-14(11(3)25-15)19-18(22)12-6-8-13(9-7-12)23-5-2/h6-10H,4-5H2,1-3H3,(H,19,22). The maximum Gasteiger partial charge on any atom is 0.255 e. The molecule has 130 valence electrons. The number of carbonyl (C=O) groups is 1. The first-order valence-electron chi connectivity index (χ1n) is 8.08. The van der Waals surface area contributed by atoms with Crippen molar-refractivity contribution < 1.29 is 14.1 Å². The van der Waals surface area contributed by atoms with E-state index < -0.39 is 0 Å². The van der Waals surface area contributed by atoms with Crippen LogP contribution in [0.5, 0.6) is 5.75 Å². The lowest BCUT2D eigenvalue weighted by atomic mass is 10.2. The minimum absolute atomic E-state index is 0.169. The second-order valence-corrected chi connectivity index (χ2v) is 6.61. The number of nitrogens with one attached hydrogen (secondary N) is 1. The monoisotopic (exact) mass is 357 g/mol. The molecule has 0 saturated carbocycles. The molecule has 0 fully saturated rings. The number of ether oxygens (including phenoxy) is 1. The first-order valence-corrected chi connectivity index (χ1v) is 8.90. The zero-order chi connectivity index (χ0) is 17.8.